The first kappa shape index (κ1) is 25.7. The molecule has 0 spiro atoms. The van der Waals surface area contributed by atoms with E-state index in [9.17, 15) is 31.5 Å². The predicted molar refractivity (Wildman–Crippen MR) is 113 cm³/mol. The molecule has 0 fully saturated rings. The number of carbonyl (C=O) groups is 2. The maximum absolute atomic E-state index is 13.9. The summed E-state index contributed by atoms with van der Waals surface area (Å²) in [4.78, 5) is 28.0. The van der Waals surface area contributed by atoms with Crippen LogP contribution in [0.3, 0.4) is 0 Å². The minimum absolute atomic E-state index is 0.0181. The van der Waals surface area contributed by atoms with E-state index < -0.39 is 55.5 Å². The highest BCUT2D eigenvalue weighted by atomic mass is 19.4. The third-order valence-electron chi connectivity index (χ3n) is 4.88. The number of nitrogens with one attached hydrogen (secondary N) is 1. The molecule has 35 heavy (non-hydrogen) atoms. The van der Waals surface area contributed by atoms with Gasteiger partial charge in [-0.3, -0.25) is 9.20 Å². The Bertz CT molecular complexity index is 1240. The number of ether oxygens (including phenoxy) is 2. The fraction of sp³-hybridized carbons (Fsp3) is 0.318. The summed E-state index contributed by atoms with van der Waals surface area (Å²) in [6.07, 6.45) is -7.78. The number of hydrogen-bond donors (Lipinski definition) is 2. The number of imidazole rings is 1. The highest BCUT2D eigenvalue weighted by molar-refractivity contribution is 5.95. The minimum atomic E-state index is -4.66. The summed E-state index contributed by atoms with van der Waals surface area (Å²) in [5.41, 5.74) is 5.46. The van der Waals surface area contributed by atoms with Crippen molar-refractivity contribution in [1.82, 2.24) is 14.7 Å². The number of nitrogens with zero attached hydrogens (tertiary/aromatic N) is 2. The third kappa shape index (κ3) is 6.37. The van der Waals surface area contributed by atoms with Gasteiger partial charge in [0, 0.05) is 6.20 Å². The van der Waals surface area contributed by atoms with Gasteiger partial charge in [0.2, 0.25) is 0 Å². The average Bonchev–Trinajstić information content (AvgIpc) is 3.05. The smallest absolute Gasteiger partial charge is 0.404 e. The Balaban J connectivity index is 1.85. The topological polar surface area (TPSA) is 108 Å². The summed E-state index contributed by atoms with van der Waals surface area (Å²) < 4.78 is 77.5. The number of carbonyl (C=O) groups excluding carboxylic acids is 2. The van der Waals surface area contributed by atoms with E-state index in [-0.39, 0.29) is 28.3 Å². The fourth-order valence-corrected chi connectivity index (χ4v) is 3.43. The van der Waals surface area contributed by atoms with Crippen LogP contribution in [0.2, 0.25) is 0 Å². The molecule has 0 saturated carbocycles. The Labute approximate surface area is 195 Å². The van der Waals surface area contributed by atoms with Gasteiger partial charge in [-0.05, 0) is 37.6 Å². The number of halogens is 5. The molecular weight excluding hydrogens is 479 g/mol. The summed E-state index contributed by atoms with van der Waals surface area (Å²) in [7, 11) is 0. The van der Waals surface area contributed by atoms with Gasteiger partial charge in [0.25, 0.3) is 5.91 Å². The Morgan fingerprint density at radius 2 is 1.86 bits per heavy atom. The summed E-state index contributed by atoms with van der Waals surface area (Å²) in [6, 6.07) is 4.95. The number of rotatable bonds is 8. The molecule has 1 atom stereocenters. The number of primary amides is 1. The third-order valence-corrected chi connectivity index (χ3v) is 4.88. The molecule has 0 aliphatic carbocycles. The molecule has 2 heterocycles. The first-order chi connectivity index (χ1) is 16.4. The SMILES string of the molecule is Cc1cc(OCc2c(F)cccc2F)c2nc(C)c(C(=O)NCC(CC(F)(F)F)OC(N)=O)n2c1. The van der Waals surface area contributed by atoms with E-state index in [1.54, 1.807) is 13.0 Å². The van der Waals surface area contributed by atoms with Crippen LogP contribution in [-0.4, -0.2) is 40.2 Å². The summed E-state index contributed by atoms with van der Waals surface area (Å²) in [5, 5.41) is 2.29. The van der Waals surface area contributed by atoms with Gasteiger partial charge in [0.05, 0.1) is 24.2 Å². The molecule has 2 aromatic heterocycles. The van der Waals surface area contributed by atoms with Crippen molar-refractivity contribution in [1.29, 1.82) is 0 Å². The number of alkyl halides is 3. The Morgan fingerprint density at radius 3 is 2.46 bits per heavy atom. The molecule has 2 amide bonds. The molecule has 3 aromatic rings. The van der Waals surface area contributed by atoms with E-state index in [4.69, 9.17) is 10.5 Å². The maximum atomic E-state index is 13.9. The van der Waals surface area contributed by atoms with Crippen molar-refractivity contribution in [2.75, 3.05) is 6.54 Å². The molecule has 0 saturated heterocycles. The van der Waals surface area contributed by atoms with Gasteiger partial charge in [0.1, 0.15) is 30.0 Å². The predicted octanol–water partition coefficient (Wildman–Crippen LogP) is 3.95. The number of aromatic nitrogens is 2. The monoisotopic (exact) mass is 500 g/mol. The van der Waals surface area contributed by atoms with E-state index >= 15 is 0 Å². The Morgan fingerprint density at radius 1 is 1.20 bits per heavy atom. The van der Waals surface area contributed by atoms with E-state index in [0.717, 1.165) is 12.1 Å². The highest BCUT2D eigenvalue weighted by Gasteiger charge is 2.34. The Hall–Kier alpha value is -3.90. The molecule has 1 aromatic carbocycles. The van der Waals surface area contributed by atoms with Crippen molar-refractivity contribution < 1.29 is 41.0 Å². The lowest BCUT2D eigenvalue weighted by Crippen LogP contribution is -2.39. The minimum Gasteiger partial charge on any atom is -0.485 e. The van der Waals surface area contributed by atoms with Crippen LogP contribution in [0.25, 0.3) is 5.65 Å². The first-order valence-corrected chi connectivity index (χ1v) is 10.2. The molecule has 8 nitrogen and oxygen atoms in total. The highest BCUT2D eigenvalue weighted by Crippen LogP contribution is 2.26. The van der Waals surface area contributed by atoms with Gasteiger partial charge in [-0.25, -0.2) is 18.6 Å². The van der Waals surface area contributed by atoms with Crippen LogP contribution < -0.4 is 15.8 Å². The lowest BCUT2D eigenvalue weighted by Gasteiger charge is -2.19. The second-order valence-electron chi connectivity index (χ2n) is 7.70. The largest absolute Gasteiger partial charge is 0.485 e. The van der Waals surface area contributed by atoms with Crippen LogP contribution in [0, 0.1) is 25.5 Å². The van der Waals surface area contributed by atoms with Crippen molar-refractivity contribution in [3.63, 3.8) is 0 Å². The van der Waals surface area contributed by atoms with E-state index in [1.807, 2.05) is 0 Å². The van der Waals surface area contributed by atoms with Gasteiger partial charge < -0.3 is 20.5 Å². The standard InChI is InChI=1S/C22H21F5N4O4/c1-11-6-17(34-10-14-15(23)4-3-5-16(14)24)19-30-12(2)18(31(19)9-11)20(32)29-8-13(35-21(28)33)7-22(25,26)27/h3-6,9,13H,7-8,10H2,1-2H3,(H2,28,33)(H,29,32). The molecule has 0 aliphatic rings. The molecule has 3 N–H and O–H groups in total. The summed E-state index contributed by atoms with van der Waals surface area (Å²) in [6.45, 7) is 2.06. The van der Waals surface area contributed by atoms with Crippen LogP contribution in [0.5, 0.6) is 5.75 Å². The van der Waals surface area contributed by atoms with Gasteiger partial charge in [-0.2, -0.15) is 13.2 Å². The molecule has 188 valence electrons. The molecule has 13 heteroatoms. The number of hydrogen-bond acceptors (Lipinski definition) is 5. The quantitative estimate of drug-likeness (QED) is 0.456. The number of benzene rings is 1. The van der Waals surface area contributed by atoms with Crippen LogP contribution in [0.1, 0.15) is 33.7 Å². The van der Waals surface area contributed by atoms with Crippen LogP contribution in [0.4, 0.5) is 26.7 Å². The number of nitrogens with two attached hydrogens (primary N) is 1. The molecule has 1 unspecified atom stereocenters. The average molecular weight is 500 g/mol. The first-order valence-electron chi connectivity index (χ1n) is 10.2. The van der Waals surface area contributed by atoms with Crippen molar-refractivity contribution >= 4 is 17.6 Å². The molecule has 0 bridgehead atoms. The van der Waals surface area contributed by atoms with E-state index in [0.29, 0.717) is 5.56 Å². The Kier molecular flexibility index (Phi) is 7.46. The number of fused-ring (bicyclic) bond motifs is 1. The number of aryl methyl sites for hydroxylation is 2. The van der Waals surface area contributed by atoms with Crippen LogP contribution in [0.15, 0.2) is 30.5 Å². The number of pyridine rings is 1. The van der Waals surface area contributed by atoms with Crippen molar-refractivity contribution in [3.8, 4) is 5.75 Å². The van der Waals surface area contributed by atoms with Gasteiger partial charge in [0.15, 0.2) is 11.4 Å². The second-order valence-corrected chi connectivity index (χ2v) is 7.70. The van der Waals surface area contributed by atoms with Crippen molar-refractivity contribution in [2.45, 2.75) is 39.2 Å². The number of amides is 2. The molecule has 0 aliphatic heterocycles. The van der Waals surface area contributed by atoms with Crippen molar-refractivity contribution in [2.24, 2.45) is 5.73 Å². The fourth-order valence-electron chi connectivity index (χ4n) is 3.43. The summed E-state index contributed by atoms with van der Waals surface area (Å²) >= 11 is 0. The summed E-state index contributed by atoms with van der Waals surface area (Å²) in [5.74, 6) is -2.26. The zero-order valence-electron chi connectivity index (χ0n) is 18.6. The van der Waals surface area contributed by atoms with Crippen LogP contribution in [-0.2, 0) is 11.3 Å². The maximum Gasteiger partial charge on any atom is 0.404 e. The second kappa shape index (κ2) is 10.2. The lowest BCUT2D eigenvalue weighted by atomic mass is 10.2. The van der Waals surface area contributed by atoms with E-state index in [1.165, 1.54) is 23.6 Å². The lowest BCUT2D eigenvalue weighted by molar-refractivity contribution is -0.152. The molecule has 3 rings (SSSR count). The molecule has 0 radical (unpaired) electrons. The van der Waals surface area contributed by atoms with Crippen LogP contribution >= 0.6 is 0 Å². The normalized spacial score (nSPS) is 12.4. The molecular formula is C22H21F5N4O4. The zero-order chi connectivity index (χ0) is 25.9. The van der Waals surface area contributed by atoms with Gasteiger partial charge in [-0.1, -0.05) is 6.07 Å². The van der Waals surface area contributed by atoms with Gasteiger partial charge >= 0.3 is 12.3 Å². The van der Waals surface area contributed by atoms with Gasteiger partial charge in [-0.15, -0.1) is 0 Å². The zero-order valence-corrected chi connectivity index (χ0v) is 18.6. The van der Waals surface area contributed by atoms with E-state index in [2.05, 4.69) is 15.0 Å². The van der Waals surface area contributed by atoms with Crippen molar-refractivity contribution in [3.05, 3.63) is 64.6 Å².